The number of nitrogens with one attached hydrogen (secondary N) is 1. The lowest BCUT2D eigenvalue weighted by atomic mass is 9.98. The third-order valence-corrected chi connectivity index (χ3v) is 3.73. The van der Waals surface area contributed by atoms with Crippen LogP contribution in [-0.4, -0.2) is 12.6 Å². The second-order valence-electron chi connectivity index (χ2n) is 5.67. The molecule has 0 saturated heterocycles. The summed E-state index contributed by atoms with van der Waals surface area (Å²) in [6.45, 7) is 4.57. The molecule has 0 saturated carbocycles. The fourth-order valence-electron chi connectivity index (χ4n) is 2.42. The van der Waals surface area contributed by atoms with Crippen LogP contribution in [0, 0.1) is 12.3 Å². The molecule has 0 heterocycles. The normalized spacial score (nSPS) is 16.2. The molecule has 1 atom stereocenters. The Balaban J connectivity index is 2.13. The lowest BCUT2D eigenvalue weighted by Crippen LogP contribution is -2.28. The summed E-state index contributed by atoms with van der Waals surface area (Å²) in [5.74, 6) is 2.69. The smallest absolute Gasteiger partial charge is 0.119 e. The van der Waals surface area contributed by atoms with Crippen molar-refractivity contribution in [1.82, 2.24) is 5.32 Å². The Morgan fingerprint density at radius 1 is 1.39 bits per heavy atom. The van der Waals surface area contributed by atoms with E-state index in [1.165, 1.54) is 5.57 Å². The molecular formula is C21H28FN. The topological polar surface area (TPSA) is 12.0 Å². The molecule has 124 valence electrons. The summed E-state index contributed by atoms with van der Waals surface area (Å²) in [4.78, 5) is 0. The maximum atomic E-state index is 13.2. The van der Waals surface area contributed by atoms with Gasteiger partial charge in [0.2, 0.25) is 0 Å². The first-order valence-corrected chi connectivity index (χ1v) is 8.43. The number of hydrogen-bond acceptors (Lipinski definition) is 1. The highest BCUT2D eigenvalue weighted by Crippen LogP contribution is 2.22. The quantitative estimate of drug-likeness (QED) is 0.233. The Morgan fingerprint density at radius 2 is 2.22 bits per heavy atom. The van der Waals surface area contributed by atoms with Crippen molar-refractivity contribution in [3.05, 3.63) is 60.5 Å². The summed E-state index contributed by atoms with van der Waals surface area (Å²) in [5, 5.41) is 3.39. The van der Waals surface area contributed by atoms with E-state index in [0.717, 1.165) is 51.5 Å². The van der Waals surface area contributed by atoms with Crippen LogP contribution < -0.4 is 5.32 Å². The highest BCUT2D eigenvalue weighted by Gasteiger charge is 2.08. The summed E-state index contributed by atoms with van der Waals surface area (Å²) in [5.41, 5.74) is 1.17. The molecule has 0 amide bonds. The Hall–Kier alpha value is -1.85. The van der Waals surface area contributed by atoms with Crippen molar-refractivity contribution < 1.29 is 4.39 Å². The van der Waals surface area contributed by atoms with Crippen LogP contribution >= 0.6 is 0 Å². The van der Waals surface area contributed by atoms with Crippen LogP contribution in [0.15, 0.2) is 60.5 Å². The molecule has 1 N–H and O–H groups in total. The average molecular weight is 313 g/mol. The van der Waals surface area contributed by atoms with Gasteiger partial charge < -0.3 is 5.32 Å². The molecule has 0 aromatic carbocycles. The number of allylic oxidation sites excluding steroid dienone is 9. The van der Waals surface area contributed by atoms with E-state index in [9.17, 15) is 4.39 Å². The first-order chi connectivity index (χ1) is 11.3. The van der Waals surface area contributed by atoms with Gasteiger partial charge in [0.05, 0.1) is 6.04 Å². The van der Waals surface area contributed by atoms with Crippen molar-refractivity contribution in [2.24, 2.45) is 0 Å². The number of unbranched alkanes of at least 4 members (excludes halogenated alkanes) is 1. The molecule has 1 aliphatic carbocycles. The van der Waals surface area contributed by atoms with Crippen LogP contribution in [-0.2, 0) is 0 Å². The van der Waals surface area contributed by atoms with Crippen LogP contribution in [0.1, 0.15) is 44.9 Å². The molecule has 1 nitrogen and oxygen atoms in total. The summed E-state index contributed by atoms with van der Waals surface area (Å²) < 4.78 is 13.2. The van der Waals surface area contributed by atoms with Crippen molar-refractivity contribution >= 4 is 0 Å². The van der Waals surface area contributed by atoms with Crippen LogP contribution in [0.25, 0.3) is 0 Å². The first-order valence-electron chi connectivity index (χ1n) is 8.43. The van der Waals surface area contributed by atoms with Crippen molar-refractivity contribution in [2.45, 2.75) is 51.0 Å². The SMILES string of the molecule is C#CC(CCC1=CC(F)=CCC1)NCCC/C=C\C=C/CC=C. The summed E-state index contributed by atoms with van der Waals surface area (Å²) in [6.07, 6.45) is 25.6. The molecule has 0 aliphatic heterocycles. The average Bonchev–Trinajstić information content (AvgIpc) is 2.56. The van der Waals surface area contributed by atoms with Crippen LogP contribution in [0.5, 0.6) is 0 Å². The summed E-state index contributed by atoms with van der Waals surface area (Å²) >= 11 is 0. The fourth-order valence-corrected chi connectivity index (χ4v) is 2.42. The highest BCUT2D eigenvalue weighted by molar-refractivity contribution is 5.23. The molecule has 0 aromatic heterocycles. The third-order valence-electron chi connectivity index (χ3n) is 3.73. The molecule has 1 rings (SSSR count). The van der Waals surface area contributed by atoms with Crippen molar-refractivity contribution in [3.8, 4) is 12.3 Å². The lowest BCUT2D eigenvalue weighted by Gasteiger charge is -2.15. The zero-order valence-corrected chi connectivity index (χ0v) is 13.9. The van der Waals surface area contributed by atoms with Gasteiger partial charge in [-0.05, 0) is 63.6 Å². The molecule has 2 heteroatoms. The molecule has 1 aliphatic rings. The van der Waals surface area contributed by atoms with Crippen molar-refractivity contribution in [2.75, 3.05) is 6.54 Å². The maximum Gasteiger partial charge on any atom is 0.119 e. The molecular weight excluding hydrogens is 285 g/mol. The van der Waals surface area contributed by atoms with Gasteiger partial charge >= 0.3 is 0 Å². The Morgan fingerprint density at radius 3 is 2.96 bits per heavy atom. The van der Waals surface area contributed by atoms with E-state index in [0.29, 0.717) is 0 Å². The highest BCUT2D eigenvalue weighted by atomic mass is 19.1. The van der Waals surface area contributed by atoms with E-state index in [1.807, 2.05) is 12.2 Å². The monoisotopic (exact) mass is 313 g/mol. The third kappa shape index (κ3) is 9.71. The lowest BCUT2D eigenvalue weighted by molar-refractivity contribution is 0.550. The molecule has 0 fully saturated rings. The predicted octanol–water partition coefficient (Wildman–Crippen LogP) is 5.40. The maximum absolute atomic E-state index is 13.2. The zero-order chi connectivity index (χ0) is 16.8. The predicted molar refractivity (Wildman–Crippen MR) is 98.7 cm³/mol. The molecule has 23 heavy (non-hydrogen) atoms. The van der Waals surface area contributed by atoms with Gasteiger partial charge in [0.15, 0.2) is 0 Å². The largest absolute Gasteiger partial charge is 0.304 e. The van der Waals surface area contributed by atoms with Crippen molar-refractivity contribution in [3.63, 3.8) is 0 Å². The minimum absolute atomic E-state index is 0.0707. The Bertz CT molecular complexity index is 502. The molecule has 1 unspecified atom stereocenters. The first kappa shape index (κ1) is 19.2. The van der Waals surface area contributed by atoms with Gasteiger partial charge in [-0.25, -0.2) is 4.39 Å². The zero-order valence-electron chi connectivity index (χ0n) is 13.9. The molecule has 0 radical (unpaired) electrons. The standard InChI is InChI=1S/C21H28FN/c1-3-5-6-7-8-9-10-11-17-23-21(4-2)16-15-19-13-12-14-20(22)18-19/h2-3,6-9,14,18,21,23H,1,5,10-13,15-17H2/b7-6-,9-8-. The molecule has 0 spiro atoms. The van der Waals surface area contributed by atoms with Gasteiger partial charge in [0.1, 0.15) is 5.83 Å². The van der Waals surface area contributed by atoms with Gasteiger partial charge in [0.25, 0.3) is 0 Å². The van der Waals surface area contributed by atoms with Gasteiger partial charge in [0, 0.05) is 0 Å². The van der Waals surface area contributed by atoms with E-state index in [4.69, 9.17) is 6.42 Å². The van der Waals surface area contributed by atoms with Crippen LogP contribution in [0.3, 0.4) is 0 Å². The van der Waals surface area contributed by atoms with Gasteiger partial charge in [-0.15, -0.1) is 13.0 Å². The molecule has 0 aromatic rings. The minimum Gasteiger partial charge on any atom is -0.304 e. The van der Waals surface area contributed by atoms with E-state index in [1.54, 1.807) is 12.2 Å². The Labute approximate surface area is 140 Å². The number of hydrogen-bond donors (Lipinski definition) is 1. The van der Waals surface area contributed by atoms with Gasteiger partial charge in [-0.3, -0.25) is 0 Å². The number of rotatable bonds is 11. The number of terminal acetylenes is 1. The van der Waals surface area contributed by atoms with Crippen LogP contribution in [0.4, 0.5) is 4.39 Å². The molecule has 0 bridgehead atoms. The Kier molecular flexibility index (Phi) is 10.6. The van der Waals surface area contributed by atoms with E-state index < -0.39 is 0 Å². The second kappa shape index (κ2) is 12.7. The minimum atomic E-state index is -0.106. The number of halogens is 1. The summed E-state index contributed by atoms with van der Waals surface area (Å²) in [6, 6.07) is 0.0707. The van der Waals surface area contributed by atoms with E-state index >= 15 is 0 Å². The van der Waals surface area contributed by atoms with Gasteiger partial charge in [-0.1, -0.05) is 41.9 Å². The summed E-state index contributed by atoms with van der Waals surface area (Å²) in [7, 11) is 0. The van der Waals surface area contributed by atoms with Crippen molar-refractivity contribution in [1.29, 1.82) is 0 Å². The van der Waals surface area contributed by atoms with Crippen LogP contribution in [0.2, 0.25) is 0 Å². The van der Waals surface area contributed by atoms with Gasteiger partial charge in [-0.2, -0.15) is 0 Å². The fraction of sp³-hybridized carbons (Fsp3) is 0.429. The van der Waals surface area contributed by atoms with E-state index in [2.05, 4.69) is 36.0 Å². The second-order valence-corrected chi connectivity index (χ2v) is 5.67. The van der Waals surface area contributed by atoms with E-state index in [-0.39, 0.29) is 11.9 Å².